The number of anilines is 1. The van der Waals surface area contributed by atoms with E-state index in [-0.39, 0.29) is 18.5 Å². The van der Waals surface area contributed by atoms with Gasteiger partial charge in [-0.05, 0) is 33.1 Å². The highest BCUT2D eigenvalue weighted by Gasteiger charge is 2.18. The summed E-state index contributed by atoms with van der Waals surface area (Å²) in [5.74, 6) is 0.873. The number of fused-ring (bicyclic) bond motifs is 1. The molecule has 22 heavy (non-hydrogen) atoms. The number of carbonyl (C=O) groups excluding carboxylic acids is 1. The second kappa shape index (κ2) is 6.29. The fraction of sp³-hybridized carbons (Fsp3) is 0.600. The van der Waals surface area contributed by atoms with E-state index in [1.165, 1.54) is 19.3 Å². The van der Waals surface area contributed by atoms with Crippen molar-refractivity contribution in [3.05, 3.63) is 12.5 Å². The van der Waals surface area contributed by atoms with Crippen LogP contribution in [0, 0.1) is 0 Å². The third kappa shape index (κ3) is 3.03. The van der Waals surface area contributed by atoms with Crippen molar-refractivity contribution in [1.29, 1.82) is 0 Å². The van der Waals surface area contributed by atoms with Crippen LogP contribution in [-0.4, -0.2) is 44.8 Å². The van der Waals surface area contributed by atoms with Gasteiger partial charge in [0, 0.05) is 19.1 Å². The van der Waals surface area contributed by atoms with Crippen molar-refractivity contribution in [2.45, 2.75) is 45.7 Å². The molecule has 0 aromatic carbocycles. The first-order valence-electron chi connectivity index (χ1n) is 7.86. The highest BCUT2D eigenvalue weighted by atomic mass is 16.2. The maximum absolute atomic E-state index is 11.9. The molecule has 1 aliphatic rings. The molecule has 0 spiro atoms. The van der Waals surface area contributed by atoms with Gasteiger partial charge in [-0.3, -0.25) is 4.79 Å². The Morgan fingerprint density at radius 2 is 2.05 bits per heavy atom. The minimum atomic E-state index is -0.0573. The fourth-order valence-corrected chi connectivity index (χ4v) is 2.86. The lowest BCUT2D eigenvalue weighted by atomic mass is 10.1. The summed E-state index contributed by atoms with van der Waals surface area (Å²) < 4.78 is 1.64. The highest BCUT2D eigenvalue weighted by molar-refractivity contribution is 5.87. The molecule has 3 rings (SSSR count). The van der Waals surface area contributed by atoms with Crippen LogP contribution in [0.25, 0.3) is 11.0 Å². The van der Waals surface area contributed by atoms with E-state index in [1.54, 1.807) is 17.2 Å². The Labute approximate surface area is 129 Å². The van der Waals surface area contributed by atoms with Crippen molar-refractivity contribution in [1.82, 2.24) is 25.1 Å². The number of hydrogen-bond donors (Lipinski definition) is 1. The predicted octanol–water partition coefficient (Wildman–Crippen LogP) is 1.34. The molecule has 118 valence electrons. The number of amides is 1. The zero-order valence-corrected chi connectivity index (χ0v) is 13.1. The van der Waals surface area contributed by atoms with Crippen molar-refractivity contribution in [2.75, 3.05) is 18.0 Å². The van der Waals surface area contributed by atoms with E-state index in [2.05, 4.69) is 25.3 Å². The Bertz CT molecular complexity index is 659. The standard InChI is InChI=1S/C15H22N6O/c1-11(2)19-13(22)9-21-15-12(8-18-21)14(16-10-17-15)20-6-4-3-5-7-20/h8,10-11H,3-7,9H2,1-2H3,(H,19,22). The van der Waals surface area contributed by atoms with Crippen LogP contribution in [0.5, 0.6) is 0 Å². The third-order valence-corrected chi connectivity index (χ3v) is 3.81. The Hall–Kier alpha value is -2.18. The van der Waals surface area contributed by atoms with Gasteiger partial charge < -0.3 is 10.2 Å². The average molecular weight is 302 g/mol. The van der Waals surface area contributed by atoms with Crippen LogP contribution in [0.2, 0.25) is 0 Å². The normalized spacial score (nSPS) is 15.5. The van der Waals surface area contributed by atoms with Crippen molar-refractivity contribution in [3.63, 3.8) is 0 Å². The number of nitrogens with one attached hydrogen (secondary N) is 1. The number of piperidine rings is 1. The lowest BCUT2D eigenvalue weighted by molar-refractivity contribution is -0.122. The topological polar surface area (TPSA) is 75.9 Å². The van der Waals surface area contributed by atoms with Crippen molar-refractivity contribution >= 4 is 22.8 Å². The smallest absolute Gasteiger partial charge is 0.242 e. The summed E-state index contributed by atoms with van der Waals surface area (Å²) in [5.41, 5.74) is 0.717. The van der Waals surface area contributed by atoms with Crippen molar-refractivity contribution in [2.24, 2.45) is 0 Å². The van der Waals surface area contributed by atoms with Crippen molar-refractivity contribution < 1.29 is 4.79 Å². The average Bonchev–Trinajstić information content (AvgIpc) is 2.90. The SMILES string of the molecule is CC(C)NC(=O)Cn1ncc2c(N3CCCCC3)ncnc21. The van der Waals surface area contributed by atoms with E-state index >= 15 is 0 Å². The minimum Gasteiger partial charge on any atom is -0.356 e. The summed E-state index contributed by atoms with van der Waals surface area (Å²) in [6.45, 7) is 6.10. The van der Waals surface area contributed by atoms with Crippen LogP contribution in [0.15, 0.2) is 12.5 Å². The van der Waals surface area contributed by atoms with Gasteiger partial charge in [-0.25, -0.2) is 14.6 Å². The van der Waals surface area contributed by atoms with Crippen LogP contribution in [-0.2, 0) is 11.3 Å². The fourth-order valence-electron chi connectivity index (χ4n) is 2.86. The van der Waals surface area contributed by atoms with E-state index in [1.807, 2.05) is 13.8 Å². The zero-order valence-electron chi connectivity index (χ0n) is 13.1. The van der Waals surface area contributed by atoms with E-state index in [0.29, 0.717) is 0 Å². The van der Waals surface area contributed by atoms with Gasteiger partial charge >= 0.3 is 0 Å². The van der Waals surface area contributed by atoms with Gasteiger partial charge in [-0.2, -0.15) is 5.10 Å². The molecule has 2 aromatic heterocycles. The number of hydrogen-bond acceptors (Lipinski definition) is 5. The van der Waals surface area contributed by atoms with E-state index in [4.69, 9.17) is 0 Å². The second-order valence-corrected chi connectivity index (χ2v) is 6.01. The molecule has 1 aliphatic heterocycles. The maximum Gasteiger partial charge on any atom is 0.242 e. The Morgan fingerprint density at radius 3 is 2.77 bits per heavy atom. The molecule has 2 aromatic rings. The first kappa shape index (κ1) is 14.7. The number of aromatic nitrogens is 4. The van der Waals surface area contributed by atoms with Gasteiger partial charge in [0.15, 0.2) is 5.65 Å². The third-order valence-electron chi connectivity index (χ3n) is 3.81. The van der Waals surface area contributed by atoms with E-state index in [0.717, 1.165) is 29.9 Å². The number of nitrogens with zero attached hydrogens (tertiary/aromatic N) is 5. The molecule has 0 unspecified atom stereocenters. The van der Waals surface area contributed by atoms with Gasteiger partial charge in [-0.15, -0.1) is 0 Å². The predicted molar refractivity (Wildman–Crippen MR) is 84.7 cm³/mol. The summed E-state index contributed by atoms with van der Waals surface area (Å²) in [7, 11) is 0. The molecular formula is C15H22N6O. The molecule has 0 saturated carbocycles. The van der Waals surface area contributed by atoms with Gasteiger partial charge in [0.05, 0.1) is 11.6 Å². The summed E-state index contributed by atoms with van der Waals surface area (Å²) in [6, 6.07) is 0.118. The molecule has 0 bridgehead atoms. The first-order valence-corrected chi connectivity index (χ1v) is 7.86. The molecule has 3 heterocycles. The Balaban J connectivity index is 1.86. The van der Waals surface area contributed by atoms with E-state index < -0.39 is 0 Å². The summed E-state index contributed by atoms with van der Waals surface area (Å²) in [5, 5.41) is 8.11. The lowest BCUT2D eigenvalue weighted by Crippen LogP contribution is -2.33. The van der Waals surface area contributed by atoms with Gasteiger partial charge in [0.25, 0.3) is 0 Å². The highest BCUT2D eigenvalue weighted by Crippen LogP contribution is 2.25. The van der Waals surface area contributed by atoms with Crippen LogP contribution in [0.4, 0.5) is 5.82 Å². The van der Waals surface area contributed by atoms with Crippen LogP contribution in [0.1, 0.15) is 33.1 Å². The Kier molecular flexibility index (Phi) is 4.22. The summed E-state index contributed by atoms with van der Waals surface area (Å²) in [4.78, 5) is 23.0. The quantitative estimate of drug-likeness (QED) is 0.922. The van der Waals surface area contributed by atoms with Crippen LogP contribution >= 0.6 is 0 Å². The zero-order chi connectivity index (χ0) is 15.5. The molecule has 1 fully saturated rings. The monoisotopic (exact) mass is 302 g/mol. The summed E-state index contributed by atoms with van der Waals surface area (Å²) in [6.07, 6.45) is 6.99. The Morgan fingerprint density at radius 1 is 1.27 bits per heavy atom. The van der Waals surface area contributed by atoms with Crippen LogP contribution in [0.3, 0.4) is 0 Å². The molecule has 0 aliphatic carbocycles. The molecule has 1 saturated heterocycles. The second-order valence-electron chi connectivity index (χ2n) is 6.01. The molecule has 7 heteroatoms. The maximum atomic E-state index is 11.9. The molecular weight excluding hydrogens is 280 g/mol. The summed E-state index contributed by atoms with van der Waals surface area (Å²) >= 11 is 0. The first-order chi connectivity index (χ1) is 10.6. The van der Waals surface area contributed by atoms with Crippen LogP contribution < -0.4 is 10.2 Å². The largest absolute Gasteiger partial charge is 0.356 e. The minimum absolute atomic E-state index is 0.0573. The van der Waals surface area contributed by atoms with Crippen molar-refractivity contribution in [3.8, 4) is 0 Å². The lowest BCUT2D eigenvalue weighted by Gasteiger charge is -2.27. The molecule has 0 atom stereocenters. The van der Waals surface area contributed by atoms with Gasteiger partial charge in [0.1, 0.15) is 18.7 Å². The molecule has 0 radical (unpaired) electrons. The van der Waals surface area contributed by atoms with Gasteiger partial charge in [0.2, 0.25) is 5.91 Å². The molecule has 1 amide bonds. The van der Waals surface area contributed by atoms with Gasteiger partial charge in [-0.1, -0.05) is 0 Å². The molecule has 7 nitrogen and oxygen atoms in total. The molecule has 1 N–H and O–H groups in total. The number of rotatable bonds is 4. The van der Waals surface area contributed by atoms with E-state index in [9.17, 15) is 4.79 Å². The number of carbonyl (C=O) groups is 1.